The van der Waals surface area contributed by atoms with Crippen LogP contribution in [0.5, 0.6) is 0 Å². The molecule has 1 rings (SSSR count). The molecule has 0 bridgehead atoms. The Morgan fingerprint density at radius 2 is 2.07 bits per heavy atom. The van der Waals surface area contributed by atoms with Crippen molar-refractivity contribution in [3.63, 3.8) is 0 Å². The van der Waals surface area contributed by atoms with E-state index >= 15 is 0 Å². The predicted molar refractivity (Wildman–Crippen MR) is 59.1 cm³/mol. The minimum Gasteiger partial charge on any atom is -0.461 e. The fourth-order valence-corrected chi connectivity index (χ4v) is 1.21. The molecule has 1 aromatic heterocycles. The number of ketones is 1. The Morgan fingerprint density at radius 3 is 2.60 bits per heavy atom. The first kappa shape index (κ1) is 11.9. The van der Waals surface area contributed by atoms with Crippen molar-refractivity contribution in [2.75, 3.05) is 40.8 Å². The lowest BCUT2D eigenvalue weighted by atomic mass is 10.3. The summed E-state index contributed by atoms with van der Waals surface area (Å²) in [5.41, 5.74) is 0. The van der Waals surface area contributed by atoms with Crippen LogP contribution in [0.15, 0.2) is 22.8 Å². The Bertz CT molecular complexity index is 294. The second kappa shape index (κ2) is 5.68. The van der Waals surface area contributed by atoms with Crippen molar-refractivity contribution in [2.45, 2.75) is 0 Å². The van der Waals surface area contributed by atoms with Gasteiger partial charge < -0.3 is 9.32 Å². The summed E-state index contributed by atoms with van der Waals surface area (Å²) in [6, 6.07) is 3.43. The Morgan fingerprint density at radius 1 is 1.33 bits per heavy atom. The quantitative estimate of drug-likeness (QED) is 0.655. The van der Waals surface area contributed by atoms with Crippen LogP contribution in [-0.4, -0.2) is 56.4 Å². The SMILES string of the molecule is CN(C)CCN(C)CC(=O)c1ccco1. The van der Waals surface area contributed by atoms with Crippen molar-refractivity contribution in [2.24, 2.45) is 0 Å². The van der Waals surface area contributed by atoms with Gasteiger partial charge in [-0.05, 0) is 33.3 Å². The average molecular weight is 210 g/mol. The van der Waals surface area contributed by atoms with Crippen molar-refractivity contribution in [3.05, 3.63) is 24.2 Å². The first-order valence-corrected chi connectivity index (χ1v) is 4.99. The smallest absolute Gasteiger partial charge is 0.211 e. The summed E-state index contributed by atoms with van der Waals surface area (Å²) in [4.78, 5) is 15.7. The van der Waals surface area contributed by atoms with E-state index in [1.165, 1.54) is 6.26 Å². The van der Waals surface area contributed by atoms with Gasteiger partial charge in [0.15, 0.2) is 5.76 Å². The molecule has 4 heteroatoms. The number of carbonyl (C=O) groups excluding carboxylic acids is 1. The van der Waals surface area contributed by atoms with Crippen LogP contribution in [0.2, 0.25) is 0 Å². The molecule has 0 saturated heterocycles. The number of furan rings is 1. The molecule has 0 aliphatic heterocycles. The van der Waals surface area contributed by atoms with Gasteiger partial charge in [0.25, 0.3) is 0 Å². The maximum absolute atomic E-state index is 11.6. The van der Waals surface area contributed by atoms with E-state index in [0.29, 0.717) is 12.3 Å². The molecule has 0 radical (unpaired) electrons. The third-order valence-corrected chi connectivity index (χ3v) is 2.14. The van der Waals surface area contributed by atoms with Crippen molar-refractivity contribution in [1.29, 1.82) is 0 Å². The molecule has 84 valence electrons. The van der Waals surface area contributed by atoms with Crippen LogP contribution < -0.4 is 0 Å². The number of carbonyl (C=O) groups is 1. The Balaban J connectivity index is 2.32. The van der Waals surface area contributed by atoms with Gasteiger partial charge in [-0.25, -0.2) is 0 Å². The molecular formula is C11H18N2O2. The van der Waals surface area contributed by atoms with Gasteiger partial charge in [0, 0.05) is 13.1 Å². The molecule has 1 aromatic rings. The molecule has 15 heavy (non-hydrogen) atoms. The number of Topliss-reactive ketones (excluding diaryl/α,β-unsaturated/α-hetero) is 1. The number of hydrogen-bond acceptors (Lipinski definition) is 4. The largest absolute Gasteiger partial charge is 0.461 e. The van der Waals surface area contributed by atoms with Crippen LogP contribution >= 0.6 is 0 Å². The summed E-state index contributed by atoms with van der Waals surface area (Å²) in [6.45, 7) is 2.22. The Hall–Kier alpha value is -1.13. The van der Waals surface area contributed by atoms with Crippen molar-refractivity contribution in [1.82, 2.24) is 9.80 Å². The zero-order chi connectivity index (χ0) is 11.3. The summed E-state index contributed by atoms with van der Waals surface area (Å²) in [5, 5.41) is 0. The lowest BCUT2D eigenvalue weighted by Crippen LogP contribution is -2.32. The van der Waals surface area contributed by atoms with Crippen LogP contribution in [-0.2, 0) is 0 Å². The van der Waals surface area contributed by atoms with Gasteiger partial charge in [0.1, 0.15) is 0 Å². The van der Waals surface area contributed by atoms with Crippen LogP contribution in [0.3, 0.4) is 0 Å². The van der Waals surface area contributed by atoms with E-state index in [-0.39, 0.29) is 5.78 Å². The number of likely N-dealkylation sites (N-methyl/N-ethyl adjacent to an activating group) is 2. The first-order valence-electron chi connectivity index (χ1n) is 4.99. The van der Waals surface area contributed by atoms with Crippen molar-refractivity contribution < 1.29 is 9.21 Å². The van der Waals surface area contributed by atoms with Gasteiger partial charge in [0.2, 0.25) is 5.78 Å². The predicted octanol–water partition coefficient (Wildman–Crippen LogP) is 0.956. The van der Waals surface area contributed by atoms with Crippen LogP contribution in [0.4, 0.5) is 0 Å². The minimum absolute atomic E-state index is 0.0289. The molecule has 1 heterocycles. The molecule has 0 unspecified atom stereocenters. The van der Waals surface area contributed by atoms with Gasteiger partial charge in [-0.3, -0.25) is 9.69 Å². The first-order chi connectivity index (χ1) is 7.09. The molecule has 0 amide bonds. The summed E-state index contributed by atoms with van der Waals surface area (Å²) in [7, 11) is 5.97. The lowest BCUT2D eigenvalue weighted by Gasteiger charge is -2.17. The maximum Gasteiger partial charge on any atom is 0.211 e. The maximum atomic E-state index is 11.6. The number of nitrogens with zero attached hydrogens (tertiary/aromatic N) is 2. The second-order valence-corrected chi connectivity index (χ2v) is 3.94. The summed E-state index contributed by atoms with van der Waals surface area (Å²) in [5.74, 6) is 0.466. The molecule has 4 nitrogen and oxygen atoms in total. The van der Waals surface area contributed by atoms with Gasteiger partial charge in [0.05, 0.1) is 12.8 Å². The van der Waals surface area contributed by atoms with Crippen LogP contribution in [0, 0.1) is 0 Å². The number of hydrogen-bond donors (Lipinski definition) is 0. The van der Waals surface area contributed by atoms with Gasteiger partial charge in [-0.15, -0.1) is 0 Å². The van der Waals surface area contributed by atoms with E-state index in [4.69, 9.17) is 4.42 Å². The fraction of sp³-hybridized carbons (Fsp3) is 0.545. The Labute approximate surface area is 90.5 Å². The van der Waals surface area contributed by atoms with E-state index < -0.39 is 0 Å². The van der Waals surface area contributed by atoms with Gasteiger partial charge in [-0.2, -0.15) is 0 Å². The molecule has 0 aliphatic rings. The normalized spacial score (nSPS) is 11.3. The van der Waals surface area contributed by atoms with E-state index in [9.17, 15) is 4.79 Å². The highest BCUT2D eigenvalue weighted by Crippen LogP contribution is 2.02. The summed E-state index contributed by atoms with van der Waals surface area (Å²) < 4.78 is 5.04. The highest BCUT2D eigenvalue weighted by Gasteiger charge is 2.11. The molecule has 0 aliphatic carbocycles. The highest BCUT2D eigenvalue weighted by atomic mass is 16.3. The van der Waals surface area contributed by atoms with E-state index in [2.05, 4.69) is 4.90 Å². The standard InChI is InChI=1S/C11H18N2O2/c1-12(2)6-7-13(3)9-10(14)11-5-4-8-15-11/h4-5,8H,6-7,9H2,1-3H3. The van der Waals surface area contributed by atoms with Crippen molar-refractivity contribution in [3.8, 4) is 0 Å². The third kappa shape index (κ3) is 4.27. The lowest BCUT2D eigenvalue weighted by molar-refractivity contribution is 0.0915. The second-order valence-electron chi connectivity index (χ2n) is 3.94. The topological polar surface area (TPSA) is 36.7 Å². The molecule has 0 aromatic carbocycles. The van der Waals surface area contributed by atoms with Crippen molar-refractivity contribution >= 4 is 5.78 Å². The molecule has 0 spiro atoms. The fourth-order valence-electron chi connectivity index (χ4n) is 1.21. The molecular weight excluding hydrogens is 192 g/mol. The number of rotatable bonds is 6. The van der Waals surface area contributed by atoms with E-state index in [1.807, 2.05) is 26.0 Å². The molecule has 0 fully saturated rings. The Kier molecular flexibility index (Phi) is 4.52. The molecule has 0 N–H and O–H groups in total. The van der Waals surface area contributed by atoms with Crippen LogP contribution in [0.25, 0.3) is 0 Å². The summed E-state index contributed by atoms with van der Waals surface area (Å²) >= 11 is 0. The minimum atomic E-state index is 0.0289. The monoisotopic (exact) mass is 210 g/mol. The van der Waals surface area contributed by atoms with Gasteiger partial charge >= 0.3 is 0 Å². The zero-order valence-electron chi connectivity index (χ0n) is 9.56. The molecule has 0 atom stereocenters. The van der Waals surface area contributed by atoms with Gasteiger partial charge in [-0.1, -0.05) is 0 Å². The van der Waals surface area contributed by atoms with E-state index in [0.717, 1.165) is 13.1 Å². The highest BCUT2D eigenvalue weighted by molar-refractivity contribution is 5.94. The summed E-state index contributed by atoms with van der Waals surface area (Å²) in [6.07, 6.45) is 1.52. The van der Waals surface area contributed by atoms with E-state index in [1.54, 1.807) is 12.1 Å². The average Bonchev–Trinajstić information content (AvgIpc) is 2.67. The third-order valence-electron chi connectivity index (χ3n) is 2.14. The zero-order valence-corrected chi connectivity index (χ0v) is 9.56. The van der Waals surface area contributed by atoms with Crippen LogP contribution in [0.1, 0.15) is 10.6 Å². The molecule has 0 saturated carbocycles.